The molecule has 0 saturated heterocycles. The maximum atomic E-state index is 12.2. The number of aromatic nitrogens is 3. The largest absolute Gasteiger partial charge is 0.397 e. The van der Waals surface area contributed by atoms with E-state index in [-0.39, 0.29) is 10.6 Å². The minimum atomic E-state index is -3.58. The molecule has 7 nitrogen and oxygen atoms in total. The van der Waals surface area contributed by atoms with Crippen molar-refractivity contribution in [1.82, 2.24) is 19.1 Å². The highest BCUT2D eigenvalue weighted by molar-refractivity contribution is 7.99. The fraction of sp³-hybridized carbons (Fsp3) is 0.333. The zero-order valence-corrected chi connectivity index (χ0v) is 13.9. The molecule has 0 amide bonds. The molecule has 2 rings (SSSR count). The fourth-order valence-electron chi connectivity index (χ4n) is 1.61. The average Bonchev–Trinajstić information content (AvgIpc) is 2.72. The third-order valence-electron chi connectivity index (χ3n) is 3.04. The molecule has 2 N–H and O–H groups in total. The van der Waals surface area contributed by atoms with Crippen molar-refractivity contribution < 1.29 is 8.42 Å². The summed E-state index contributed by atoms with van der Waals surface area (Å²) in [6.45, 7) is 1.84. The molecule has 2 aromatic rings. The lowest BCUT2D eigenvalue weighted by molar-refractivity contribution is 0.521. The second-order valence-electron chi connectivity index (χ2n) is 4.65. The quantitative estimate of drug-likeness (QED) is 0.845. The first-order valence-electron chi connectivity index (χ1n) is 6.10. The summed E-state index contributed by atoms with van der Waals surface area (Å²) in [6.07, 6.45) is 0. The number of anilines is 1. The molecule has 21 heavy (non-hydrogen) atoms. The molecular formula is C12H17N5O2S2. The van der Waals surface area contributed by atoms with Gasteiger partial charge in [-0.15, -0.1) is 10.2 Å². The van der Waals surface area contributed by atoms with Crippen molar-refractivity contribution in [2.45, 2.75) is 21.9 Å². The number of sulfonamides is 1. The minimum Gasteiger partial charge on any atom is -0.397 e. The maximum Gasteiger partial charge on any atom is 0.244 e. The first-order chi connectivity index (χ1) is 9.75. The Morgan fingerprint density at radius 3 is 2.48 bits per heavy atom. The van der Waals surface area contributed by atoms with Gasteiger partial charge >= 0.3 is 0 Å². The lowest BCUT2D eigenvalue weighted by Crippen LogP contribution is -2.23. The summed E-state index contributed by atoms with van der Waals surface area (Å²) < 4.78 is 27.4. The molecule has 0 unspecified atom stereocenters. The van der Waals surface area contributed by atoms with Crippen LogP contribution in [0.3, 0.4) is 0 Å². The highest BCUT2D eigenvalue weighted by Gasteiger charge is 2.22. The van der Waals surface area contributed by atoms with Crippen LogP contribution in [0.1, 0.15) is 5.82 Å². The number of rotatable bonds is 4. The number of hydrogen-bond acceptors (Lipinski definition) is 6. The molecular weight excluding hydrogens is 310 g/mol. The van der Waals surface area contributed by atoms with Gasteiger partial charge in [0.2, 0.25) is 10.0 Å². The standard InChI is InChI=1S/C12H17N5O2S2/c1-8-14-15-12(17(8)4)20-9-6-5-7-10(11(9)13)21(18,19)16(2)3/h5-7H,13H2,1-4H3. The van der Waals surface area contributed by atoms with Crippen LogP contribution < -0.4 is 5.73 Å². The lowest BCUT2D eigenvalue weighted by atomic mass is 10.3. The van der Waals surface area contributed by atoms with E-state index in [1.165, 1.54) is 31.9 Å². The number of aryl methyl sites for hydroxylation is 1. The van der Waals surface area contributed by atoms with E-state index < -0.39 is 10.0 Å². The van der Waals surface area contributed by atoms with Gasteiger partial charge in [0.15, 0.2) is 5.16 Å². The van der Waals surface area contributed by atoms with E-state index in [0.29, 0.717) is 10.1 Å². The van der Waals surface area contributed by atoms with Crippen LogP contribution in [0.5, 0.6) is 0 Å². The summed E-state index contributed by atoms with van der Waals surface area (Å²) in [5.41, 5.74) is 6.25. The highest BCUT2D eigenvalue weighted by atomic mass is 32.2. The predicted molar refractivity (Wildman–Crippen MR) is 81.6 cm³/mol. The second-order valence-corrected chi connectivity index (χ2v) is 7.78. The number of hydrogen-bond donors (Lipinski definition) is 1. The van der Waals surface area contributed by atoms with Crippen molar-refractivity contribution in [2.75, 3.05) is 19.8 Å². The Morgan fingerprint density at radius 2 is 1.95 bits per heavy atom. The van der Waals surface area contributed by atoms with Crippen LogP contribution in [0.2, 0.25) is 0 Å². The Morgan fingerprint density at radius 1 is 1.29 bits per heavy atom. The molecule has 1 aromatic carbocycles. The van der Waals surface area contributed by atoms with Gasteiger partial charge in [-0.05, 0) is 30.8 Å². The maximum absolute atomic E-state index is 12.2. The Hall–Kier alpha value is -1.58. The number of nitrogen functional groups attached to an aromatic ring is 1. The summed E-state index contributed by atoms with van der Waals surface area (Å²) in [7, 11) is 1.21. The number of para-hydroxylation sites is 1. The van der Waals surface area contributed by atoms with Crippen LogP contribution in [-0.2, 0) is 17.1 Å². The van der Waals surface area contributed by atoms with Crippen LogP contribution in [0.25, 0.3) is 0 Å². The molecule has 0 atom stereocenters. The van der Waals surface area contributed by atoms with Gasteiger partial charge in [0, 0.05) is 26.0 Å². The SMILES string of the molecule is Cc1nnc(Sc2cccc(S(=O)(=O)N(C)C)c2N)n1C. The molecule has 0 bridgehead atoms. The molecule has 0 aliphatic carbocycles. The van der Waals surface area contributed by atoms with E-state index in [9.17, 15) is 8.42 Å². The lowest BCUT2D eigenvalue weighted by Gasteiger charge is -2.15. The molecule has 0 fully saturated rings. The van der Waals surface area contributed by atoms with Gasteiger partial charge < -0.3 is 10.3 Å². The molecule has 0 radical (unpaired) electrons. The first-order valence-corrected chi connectivity index (χ1v) is 8.35. The second kappa shape index (κ2) is 5.66. The summed E-state index contributed by atoms with van der Waals surface area (Å²) in [6, 6.07) is 4.92. The molecule has 1 aromatic heterocycles. The highest BCUT2D eigenvalue weighted by Crippen LogP contribution is 2.35. The Balaban J connectivity index is 2.46. The summed E-state index contributed by atoms with van der Waals surface area (Å²) in [4.78, 5) is 0.727. The van der Waals surface area contributed by atoms with Crippen LogP contribution in [0, 0.1) is 6.92 Å². The van der Waals surface area contributed by atoms with Crippen molar-refractivity contribution in [2.24, 2.45) is 7.05 Å². The zero-order chi connectivity index (χ0) is 15.8. The summed E-state index contributed by atoms with van der Waals surface area (Å²) >= 11 is 1.29. The van der Waals surface area contributed by atoms with Crippen molar-refractivity contribution in [3.8, 4) is 0 Å². The summed E-state index contributed by atoms with van der Waals surface area (Å²) in [5.74, 6) is 0.771. The van der Waals surface area contributed by atoms with Crippen molar-refractivity contribution >= 4 is 27.5 Å². The van der Waals surface area contributed by atoms with E-state index in [0.717, 1.165) is 10.1 Å². The van der Waals surface area contributed by atoms with E-state index in [1.54, 1.807) is 12.1 Å². The zero-order valence-electron chi connectivity index (χ0n) is 12.2. The third-order valence-corrected chi connectivity index (χ3v) is 6.03. The minimum absolute atomic E-state index is 0.0939. The van der Waals surface area contributed by atoms with Gasteiger partial charge in [0.05, 0.1) is 5.69 Å². The Labute approximate surface area is 128 Å². The normalized spacial score (nSPS) is 12.0. The van der Waals surface area contributed by atoms with Gasteiger partial charge in [-0.1, -0.05) is 6.07 Å². The molecule has 0 saturated carbocycles. The monoisotopic (exact) mass is 327 g/mol. The molecule has 0 spiro atoms. The Bertz CT molecular complexity index is 768. The van der Waals surface area contributed by atoms with Crippen molar-refractivity contribution in [3.63, 3.8) is 0 Å². The predicted octanol–water partition coefficient (Wildman–Crippen LogP) is 1.11. The van der Waals surface area contributed by atoms with Gasteiger partial charge in [0.25, 0.3) is 0 Å². The molecule has 9 heteroatoms. The number of nitrogens with zero attached hydrogens (tertiary/aromatic N) is 4. The molecule has 114 valence electrons. The molecule has 1 heterocycles. The van der Waals surface area contributed by atoms with E-state index >= 15 is 0 Å². The van der Waals surface area contributed by atoms with Crippen LogP contribution in [0.15, 0.2) is 33.1 Å². The number of benzene rings is 1. The van der Waals surface area contributed by atoms with Crippen molar-refractivity contribution in [3.05, 3.63) is 24.0 Å². The van der Waals surface area contributed by atoms with E-state index in [4.69, 9.17) is 5.73 Å². The molecule has 0 aliphatic heterocycles. The Kier molecular flexibility index (Phi) is 4.26. The fourth-order valence-corrected chi connectivity index (χ4v) is 3.62. The van der Waals surface area contributed by atoms with Crippen molar-refractivity contribution in [1.29, 1.82) is 0 Å². The van der Waals surface area contributed by atoms with Crippen LogP contribution in [-0.4, -0.2) is 41.6 Å². The van der Waals surface area contributed by atoms with Gasteiger partial charge in [-0.2, -0.15) is 0 Å². The van der Waals surface area contributed by atoms with Crippen LogP contribution in [0.4, 0.5) is 5.69 Å². The van der Waals surface area contributed by atoms with E-state index in [1.807, 2.05) is 18.5 Å². The van der Waals surface area contributed by atoms with Crippen LogP contribution >= 0.6 is 11.8 Å². The number of nitrogens with two attached hydrogens (primary N) is 1. The van der Waals surface area contributed by atoms with Gasteiger partial charge in [0.1, 0.15) is 10.7 Å². The van der Waals surface area contributed by atoms with E-state index in [2.05, 4.69) is 10.2 Å². The first kappa shape index (κ1) is 15.8. The topological polar surface area (TPSA) is 94.1 Å². The third kappa shape index (κ3) is 2.89. The summed E-state index contributed by atoms with van der Waals surface area (Å²) in [5, 5.41) is 8.66. The molecule has 0 aliphatic rings. The van der Waals surface area contributed by atoms with Gasteiger partial charge in [-0.25, -0.2) is 12.7 Å². The average molecular weight is 327 g/mol. The smallest absolute Gasteiger partial charge is 0.244 e. The van der Waals surface area contributed by atoms with Gasteiger partial charge in [-0.3, -0.25) is 0 Å².